The first kappa shape index (κ1) is 18.5. The highest BCUT2D eigenvalue weighted by Crippen LogP contribution is 2.27. The molecule has 1 fully saturated rings. The Hall–Kier alpha value is -1.88. The van der Waals surface area contributed by atoms with Crippen molar-refractivity contribution in [1.82, 2.24) is 4.90 Å². The van der Waals surface area contributed by atoms with Crippen LogP contribution in [0.5, 0.6) is 0 Å². The monoisotopic (exact) mass is 331 g/mol. The zero-order valence-corrected chi connectivity index (χ0v) is 15.2. The van der Waals surface area contributed by atoms with Crippen LogP contribution in [-0.4, -0.2) is 36.3 Å². The van der Waals surface area contributed by atoms with Crippen molar-refractivity contribution in [3.05, 3.63) is 28.8 Å². The van der Waals surface area contributed by atoms with Gasteiger partial charge in [-0.15, -0.1) is 0 Å². The number of hydrogen-bond donors (Lipinski definition) is 2. The summed E-state index contributed by atoms with van der Waals surface area (Å²) in [6.07, 6.45) is 3.53. The van der Waals surface area contributed by atoms with E-state index in [0.717, 1.165) is 36.1 Å². The second kappa shape index (κ2) is 7.79. The van der Waals surface area contributed by atoms with Gasteiger partial charge in [0.1, 0.15) is 0 Å². The van der Waals surface area contributed by atoms with E-state index in [1.807, 2.05) is 32.9 Å². The molecule has 0 radical (unpaired) electrons. The smallest absolute Gasteiger partial charge is 0.243 e. The number of hydrogen-bond acceptors (Lipinski definition) is 3. The van der Waals surface area contributed by atoms with Crippen LogP contribution in [0.2, 0.25) is 0 Å². The molecule has 1 saturated carbocycles. The Kier molecular flexibility index (Phi) is 5.99. The van der Waals surface area contributed by atoms with E-state index in [4.69, 9.17) is 5.73 Å². The van der Waals surface area contributed by atoms with E-state index < -0.39 is 0 Å². The van der Waals surface area contributed by atoms with Crippen LogP contribution < -0.4 is 11.1 Å². The maximum absolute atomic E-state index is 12.3. The summed E-state index contributed by atoms with van der Waals surface area (Å²) >= 11 is 0. The van der Waals surface area contributed by atoms with Crippen molar-refractivity contribution in [2.45, 2.75) is 52.5 Å². The number of rotatable bonds is 5. The number of benzene rings is 1. The second-order valence-corrected chi connectivity index (χ2v) is 7.13. The van der Waals surface area contributed by atoms with E-state index in [9.17, 15) is 9.59 Å². The lowest BCUT2D eigenvalue weighted by Gasteiger charge is -2.21. The molecule has 0 unspecified atom stereocenters. The minimum absolute atomic E-state index is 0.00940. The normalized spacial score (nSPS) is 20.0. The lowest BCUT2D eigenvalue weighted by atomic mass is 9.99. The van der Waals surface area contributed by atoms with Gasteiger partial charge in [0, 0.05) is 25.2 Å². The van der Waals surface area contributed by atoms with Gasteiger partial charge in [-0.25, -0.2) is 0 Å². The van der Waals surface area contributed by atoms with Gasteiger partial charge >= 0.3 is 0 Å². The van der Waals surface area contributed by atoms with Crippen molar-refractivity contribution in [3.63, 3.8) is 0 Å². The lowest BCUT2D eigenvalue weighted by Crippen LogP contribution is -2.37. The van der Waals surface area contributed by atoms with Crippen LogP contribution >= 0.6 is 0 Å². The minimum atomic E-state index is -0.170. The van der Waals surface area contributed by atoms with Crippen LogP contribution in [0.4, 0.5) is 5.69 Å². The van der Waals surface area contributed by atoms with E-state index >= 15 is 0 Å². The first-order valence-corrected chi connectivity index (χ1v) is 8.65. The van der Waals surface area contributed by atoms with E-state index in [-0.39, 0.29) is 30.3 Å². The molecule has 0 aromatic heterocycles. The number of nitrogens with two attached hydrogens (primary N) is 1. The summed E-state index contributed by atoms with van der Waals surface area (Å²) in [6, 6.07) is 4.20. The molecule has 0 spiro atoms. The quantitative estimate of drug-likeness (QED) is 0.870. The van der Waals surface area contributed by atoms with E-state index in [1.165, 1.54) is 10.5 Å². The summed E-state index contributed by atoms with van der Waals surface area (Å²) in [7, 11) is 1.68. The molecule has 5 heteroatoms. The van der Waals surface area contributed by atoms with Crippen LogP contribution in [0.25, 0.3) is 0 Å². The molecule has 2 amide bonds. The highest BCUT2D eigenvalue weighted by Gasteiger charge is 2.27. The Morgan fingerprint density at radius 1 is 1.21 bits per heavy atom. The van der Waals surface area contributed by atoms with Crippen LogP contribution in [-0.2, 0) is 9.59 Å². The molecule has 3 N–H and O–H groups in total. The van der Waals surface area contributed by atoms with Crippen molar-refractivity contribution in [1.29, 1.82) is 0 Å². The number of likely N-dealkylation sites (N-methyl/N-ethyl adjacent to an activating group) is 1. The van der Waals surface area contributed by atoms with Crippen LogP contribution in [0, 0.1) is 26.7 Å². The number of nitrogens with one attached hydrogen (secondary N) is 1. The first-order chi connectivity index (χ1) is 11.3. The molecule has 2 atom stereocenters. The first-order valence-electron chi connectivity index (χ1n) is 8.65. The molecule has 0 heterocycles. The van der Waals surface area contributed by atoms with Gasteiger partial charge in [-0.1, -0.05) is 24.1 Å². The molecule has 0 bridgehead atoms. The molecule has 0 aliphatic heterocycles. The molecule has 132 valence electrons. The number of aryl methyl sites for hydroxylation is 3. The Balaban J connectivity index is 1.91. The Morgan fingerprint density at radius 2 is 1.83 bits per heavy atom. The average molecular weight is 331 g/mol. The van der Waals surface area contributed by atoms with Crippen LogP contribution in [0.1, 0.15) is 42.4 Å². The van der Waals surface area contributed by atoms with Gasteiger partial charge in [-0.2, -0.15) is 0 Å². The Labute approximate surface area is 144 Å². The van der Waals surface area contributed by atoms with Gasteiger partial charge < -0.3 is 16.0 Å². The van der Waals surface area contributed by atoms with Crippen molar-refractivity contribution in [2.75, 3.05) is 18.9 Å². The second-order valence-electron chi connectivity index (χ2n) is 7.13. The standard InChI is InChI=1S/C19H29N3O2/c1-12-8-13(2)19(14(3)9-12)21-17(23)11-22(4)18(24)10-15-6-5-7-16(15)20/h8-9,15-16H,5-7,10-11,20H2,1-4H3,(H,21,23)/t15-,16+/m0/s1. The number of carbonyl (C=O) groups is 2. The molecule has 1 aromatic rings. The summed E-state index contributed by atoms with van der Waals surface area (Å²) in [4.78, 5) is 26.1. The Morgan fingerprint density at radius 3 is 2.38 bits per heavy atom. The average Bonchev–Trinajstić information content (AvgIpc) is 2.88. The van der Waals surface area contributed by atoms with E-state index in [2.05, 4.69) is 5.32 Å². The lowest BCUT2D eigenvalue weighted by molar-refractivity contribution is -0.134. The number of nitrogens with zero attached hydrogens (tertiary/aromatic N) is 1. The zero-order valence-electron chi connectivity index (χ0n) is 15.2. The zero-order chi connectivity index (χ0) is 17.9. The third-order valence-electron chi connectivity index (χ3n) is 4.90. The van der Waals surface area contributed by atoms with Crippen molar-refractivity contribution in [3.8, 4) is 0 Å². The Bertz CT molecular complexity index is 604. The molecule has 0 saturated heterocycles. The fourth-order valence-electron chi connectivity index (χ4n) is 3.56. The highest BCUT2D eigenvalue weighted by molar-refractivity contribution is 5.95. The highest BCUT2D eigenvalue weighted by atomic mass is 16.2. The molecule has 24 heavy (non-hydrogen) atoms. The third-order valence-corrected chi connectivity index (χ3v) is 4.90. The SMILES string of the molecule is Cc1cc(C)c(NC(=O)CN(C)C(=O)C[C@@H]2CCC[C@H]2N)c(C)c1. The summed E-state index contributed by atoms with van der Waals surface area (Å²) in [6.45, 7) is 6.05. The number of carbonyl (C=O) groups excluding carboxylic acids is 2. The molecule has 1 aliphatic rings. The van der Waals surface area contributed by atoms with E-state index in [0.29, 0.717) is 6.42 Å². The largest absolute Gasteiger partial charge is 0.336 e. The van der Waals surface area contributed by atoms with Gasteiger partial charge in [0.05, 0.1) is 6.54 Å². The molecule has 1 aromatic carbocycles. The van der Waals surface area contributed by atoms with Crippen molar-refractivity contribution in [2.24, 2.45) is 11.7 Å². The van der Waals surface area contributed by atoms with Gasteiger partial charge in [-0.05, 0) is 50.7 Å². The predicted molar refractivity (Wildman–Crippen MR) is 96.9 cm³/mol. The summed E-state index contributed by atoms with van der Waals surface area (Å²) in [5.74, 6) is 0.0751. The van der Waals surface area contributed by atoms with Crippen LogP contribution in [0.15, 0.2) is 12.1 Å². The summed E-state index contributed by atoms with van der Waals surface area (Å²) < 4.78 is 0. The molecule has 5 nitrogen and oxygen atoms in total. The van der Waals surface area contributed by atoms with E-state index in [1.54, 1.807) is 7.05 Å². The van der Waals surface area contributed by atoms with Crippen LogP contribution in [0.3, 0.4) is 0 Å². The topological polar surface area (TPSA) is 75.4 Å². The fraction of sp³-hybridized carbons (Fsp3) is 0.579. The molecule has 2 rings (SSSR count). The molecular weight excluding hydrogens is 302 g/mol. The third kappa shape index (κ3) is 4.57. The van der Waals surface area contributed by atoms with Gasteiger partial charge in [-0.3, -0.25) is 9.59 Å². The maximum Gasteiger partial charge on any atom is 0.243 e. The van der Waals surface area contributed by atoms with Crippen molar-refractivity contribution >= 4 is 17.5 Å². The summed E-state index contributed by atoms with van der Waals surface area (Å²) in [5.41, 5.74) is 10.1. The minimum Gasteiger partial charge on any atom is -0.336 e. The molecule has 1 aliphatic carbocycles. The number of amides is 2. The maximum atomic E-state index is 12.3. The summed E-state index contributed by atoms with van der Waals surface area (Å²) in [5, 5.41) is 2.94. The predicted octanol–water partition coefficient (Wildman–Crippen LogP) is 2.53. The van der Waals surface area contributed by atoms with Gasteiger partial charge in [0.15, 0.2) is 0 Å². The van der Waals surface area contributed by atoms with Crippen molar-refractivity contribution < 1.29 is 9.59 Å². The number of anilines is 1. The fourth-order valence-corrected chi connectivity index (χ4v) is 3.56. The van der Waals surface area contributed by atoms with Gasteiger partial charge in [0.2, 0.25) is 11.8 Å². The molecular formula is C19H29N3O2. The van der Waals surface area contributed by atoms with Gasteiger partial charge in [0.25, 0.3) is 0 Å².